The molecule has 0 saturated heterocycles. The molecular formula is C16H18BrNO3S2. The molecule has 0 fully saturated rings. The van der Waals surface area contributed by atoms with Gasteiger partial charge in [0.15, 0.2) is 6.61 Å². The van der Waals surface area contributed by atoms with Crippen molar-refractivity contribution >= 4 is 44.9 Å². The van der Waals surface area contributed by atoms with Crippen molar-refractivity contribution in [2.75, 3.05) is 26.0 Å². The third-order valence-corrected chi connectivity index (χ3v) is 5.69. The highest BCUT2D eigenvalue weighted by Crippen LogP contribution is 2.25. The second-order valence-corrected chi connectivity index (χ2v) is 8.23. The fourth-order valence-corrected chi connectivity index (χ4v) is 4.19. The van der Waals surface area contributed by atoms with Gasteiger partial charge in [-0.15, -0.1) is 11.3 Å². The minimum Gasteiger partial charge on any atom is -0.497 e. The number of hydrogen-bond donors (Lipinski definition) is 1. The lowest BCUT2D eigenvalue weighted by Crippen LogP contribution is -2.30. The highest BCUT2D eigenvalue weighted by molar-refractivity contribution is 9.11. The third-order valence-electron chi connectivity index (χ3n) is 2.87. The van der Waals surface area contributed by atoms with Crippen molar-refractivity contribution in [3.05, 3.63) is 45.1 Å². The summed E-state index contributed by atoms with van der Waals surface area (Å²) in [5.74, 6) is 3.15. The quantitative estimate of drug-likeness (QED) is 0.629. The predicted octanol–water partition coefficient (Wildman–Crippen LogP) is 3.95. The van der Waals surface area contributed by atoms with Crippen LogP contribution in [-0.4, -0.2) is 31.9 Å². The topological polar surface area (TPSA) is 47.6 Å². The van der Waals surface area contributed by atoms with E-state index in [0.29, 0.717) is 12.3 Å². The summed E-state index contributed by atoms with van der Waals surface area (Å²) in [6.07, 6.45) is 0. The number of hydrogen-bond acceptors (Lipinski definition) is 5. The summed E-state index contributed by atoms with van der Waals surface area (Å²) in [6.45, 7) is 0.664. The van der Waals surface area contributed by atoms with E-state index in [1.165, 1.54) is 4.88 Å². The molecule has 0 bridgehead atoms. The Bertz CT molecular complexity index is 616. The number of carbonyl (C=O) groups is 1. The Morgan fingerprint density at radius 2 is 1.96 bits per heavy atom. The summed E-state index contributed by atoms with van der Waals surface area (Å²) in [5.41, 5.74) is 0. The number of thiophene rings is 1. The first kappa shape index (κ1) is 18.2. The molecular weight excluding hydrogens is 398 g/mol. The van der Waals surface area contributed by atoms with E-state index in [4.69, 9.17) is 9.47 Å². The van der Waals surface area contributed by atoms with Crippen LogP contribution in [0.4, 0.5) is 0 Å². The van der Waals surface area contributed by atoms with Crippen molar-refractivity contribution in [2.45, 2.75) is 5.75 Å². The molecule has 0 saturated carbocycles. The number of rotatable bonds is 9. The third kappa shape index (κ3) is 6.85. The molecule has 0 aliphatic heterocycles. The summed E-state index contributed by atoms with van der Waals surface area (Å²) in [5, 5.41) is 2.85. The van der Waals surface area contributed by atoms with E-state index in [9.17, 15) is 4.79 Å². The number of nitrogens with one attached hydrogen (secondary N) is 1. The van der Waals surface area contributed by atoms with Crippen LogP contribution in [0.2, 0.25) is 0 Å². The maximum absolute atomic E-state index is 11.7. The molecule has 2 rings (SSSR count). The van der Waals surface area contributed by atoms with Crippen molar-refractivity contribution in [1.29, 1.82) is 0 Å². The Morgan fingerprint density at radius 3 is 2.61 bits per heavy atom. The zero-order valence-electron chi connectivity index (χ0n) is 12.7. The van der Waals surface area contributed by atoms with Gasteiger partial charge in [-0.2, -0.15) is 11.8 Å². The average Bonchev–Trinajstić information content (AvgIpc) is 2.98. The Morgan fingerprint density at radius 1 is 1.22 bits per heavy atom. The number of halogens is 1. The minimum absolute atomic E-state index is 0.0227. The molecule has 0 aliphatic carbocycles. The molecule has 0 radical (unpaired) electrons. The lowest BCUT2D eigenvalue weighted by atomic mass is 10.3. The normalized spacial score (nSPS) is 10.3. The molecule has 0 atom stereocenters. The molecule has 1 amide bonds. The largest absolute Gasteiger partial charge is 0.497 e. The monoisotopic (exact) mass is 415 g/mol. The fourth-order valence-electron chi connectivity index (χ4n) is 1.74. The Kier molecular flexibility index (Phi) is 7.78. The van der Waals surface area contributed by atoms with Gasteiger partial charge in [0.2, 0.25) is 0 Å². The van der Waals surface area contributed by atoms with Crippen molar-refractivity contribution in [3.63, 3.8) is 0 Å². The molecule has 1 heterocycles. The van der Waals surface area contributed by atoms with Gasteiger partial charge in [0.05, 0.1) is 10.9 Å². The smallest absolute Gasteiger partial charge is 0.257 e. The molecule has 0 unspecified atom stereocenters. The van der Waals surface area contributed by atoms with E-state index >= 15 is 0 Å². The summed E-state index contributed by atoms with van der Waals surface area (Å²) in [7, 11) is 1.61. The van der Waals surface area contributed by atoms with E-state index in [1.54, 1.807) is 54.5 Å². The summed E-state index contributed by atoms with van der Waals surface area (Å²) in [6, 6.07) is 11.3. The highest BCUT2D eigenvalue weighted by Gasteiger charge is 2.03. The molecule has 0 aliphatic rings. The highest BCUT2D eigenvalue weighted by atomic mass is 79.9. The second-order valence-electron chi connectivity index (χ2n) is 4.57. The van der Waals surface area contributed by atoms with E-state index < -0.39 is 0 Å². The number of thioether (sulfide) groups is 1. The van der Waals surface area contributed by atoms with Gasteiger partial charge in [-0.05, 0) is 52.3 Å². The predicted molar refractivity (Wildman–Crippen MR) is 99.7 cm³/mol. The van der Waals surface area contributed by atoms with Crippen LogP contribution >= 0.6 is 39.0 Å². The second kappa shape index (κ2) is 9.85. The van der Waals surface area contributed by atoms with Crippen LogP contribution in [0.1, 0.15) is 4.88 Å². The first-order valence-corrected chi connectivity index (χ1v) is 9.79. The molecule has 1 aromatic heterocycles. The zero-order valence-corrected chi connectivity index (χ0v) is 15.9. The lowest BCUT2D eigenvalue weighted by Gasteiger charge is -2.08. The van der Waals surface area contributed by atoms with Crippen LogP contribution < -0.4 is 14.8 Å². The van der Waals surface area contributed by atoms with Crippen molar-refractivity contribution < 1.29 is 14.3 Å². The molecule has 2 aromatic rings. The van der Waals surface area contributed by atoms with Crippen LogP contribution in [0.15, 0.2) is 40.2 Å². The number of amides is 1. The summed E-state index contributed by atoms with van der Waals surface area (Å²) in [4.78, 5) is 13.0. The van der Waals surface area contributed by atoms with Gasteiger partial charge >= 0.3 is 0 Å². The van der Waals surface area contributed by atoms with Crippen LogP contribution in [0.25, 0.3) is 0 Å². The molecule has 23 heavy (non-hydrogen) atoms. The van der Waals surface area contributed by atoms with E-state index in [0.717, 1.165) is 21.0 Å². The van der Waals surface area contributed by atoms with Gasteiger partial charge in [0.25, 0.3) is 5.91 Å². The van der Waals surface area contributed by atoms with Crippen LogP contribution in [-0.2, 0) is 10.5 Å². The first-order valence-electron chi connectivity index (χ1n) is 7.03. The number of methoxy groups -OCH3 is 1. The summed E-state index contributed by atoms with van der Waals surface area (Å²) >= 11 is 6.99. The number of ether oxygens (including phenoxy) is 2. The van der Waals surface area contributed by atoms with Crippen molar-refractivity contribution in [2.24, 2.45) is 0 Å². The Labute approximate surface area is 152 Å². The number of carbonyl (C=O) groups excluding carboxylic acids is 1. The maximum atomic E-state index is 11.7. The van der Waals surface area contributed by atoms with E-state index in [1.807, 2.05) is 0 Å². The lowest BCUT2D eigenvalue weighted by molar-refractivity contribution is -0.122. The molecule has 4 nitrogen and oxygen atoms in total. The zero-order chi connectivity index (χ0) is 16.5. The molecule has 0 spiro atoms. The van der Waals surface area contributed by atoms with Crippen LogP contribution in [0.3, 0.4) is 0 Å². The van der Waals surface area contributed by atoms with Crippen LogP contribution in [0, 0.1) is 0 Å². The summed E-state index contributed by atoms with van der Waals surface area (Å²) < 4.78 is 11.6. The Balaban J connectivity index is 1.56. The van der Waals surface area contributed by atoms with Gasteiger partial charge in [0.1, 0.15) is 11.5 Å². The Hall–Kier alpha value is -1.18. The van der Waals surface area contributed by atoms with Crippen LogP contribution in [0.5, 0.6) is 11.5 Å². The average molecular weight is 416 g/mol. The van der Waals surface area contributed by atoms with Gasteiger partial charge < -0.3 is 14.8 Å². The first-order chi connectivity index (χ1) is 11.2. The van der Waals surface area contributed by atoms with Crippen molar-refractivity contribution in [3.8, 4) is 11.5 Å². The fraction of sp³-hybridized carbons (Fsp3) is 0.312. The minimum atomic E-state index is -0.111. The SMILES string of the molecule is COc1ccc(OCC(=O)NCCSCc2ccc(Br)s2)cc1. The van der Waals surface area contributed by atoms with E-state index in [-0.39, 0.29) is 12.5 Å². The standard InChI is InChI=1S/C16H18BrNO3S2/c1-20-12-2-4-13(5-3-12)21-10-16(19)18-8-9-22-11-14-6-7-15(17)23-14/h2-7H,8-11H2,1H3,(H,18,19). The van der Waals surface area contributed by atoms with Gasteiger partial charge in [0, 0.05) is 22.9 Å². The van der Waals surface area contributed by atoms with Gasteiger partial charge in [-0.25, -0.2) is 0 Å². The molecule has 1 aromatic carbocycles. The number of benzene rings is 1. The van der Waals surface area contributed by atoms with Gasteiger partial charge in [-0.1, -0.05) is 0 Å². The molecule has 7 heteroatoms. The maximum Gasteiger partial charge on any atom is 0.257 e. The van der Waals surface area contributed by atoms with E-state index in [2.05, 4.69) is 33.4 Å². The molecule has 1 N–H and O–H groups in total. The van der Waals surface area contributed by atoms with Crippen molar-refractivity contribution in [1.82, 2.24) is 5.32 Å². The van der Waals surface area contributed by atoms with Gasteiger partial charge in [-0.3, -0.25) is 4.79 Å². The molecule has 124 valence electrons.